The van der Waals surface area contributed by atoms with E-state index in [1.165, 1.54) is 0 Å². The monoisotopic (exact) mass is 250 g/mol. The number of pyridine rings is 1. The number of anilines is 1. The third kappa shape index (κ3) is 4.71. The van der Waals surface area contributed by atoms with E-state index < -0.39 is 0 Å². The van der Waals surface area contributed by atoms with Crippen LogP contribution < -0.4 is 10.6 Å². The highest BCUT2D eigenvalue weighted by Crippen LogP contribution is 2.12. The van der Waals surface area contributed by atoms with E-state index in [-0.39, 0.29) is 11.9 Å². The molecule has 1 rings (SSSR count). The van der Waals surface area contributed by atoms with Gasteiger partial charge in [-0.2, -0.15) is 0 Å². The summed E-state index contributed by atoms with van der Waals surface area (Å²) in [6.45, 7) is 4.99. The Balaban J connectivity index is 2.54. The second kappa shape index (κ2) is 6.96. The Hall–Kier alpha value is -1.62. The van der Waals surface area contributed by atoms with Gasteiger partial charge in [-0.3, -0.25) is 9.69 Å². The van der Waals surface area contributed by atoms with Gasteiger partial charge in [0.2, 0.25) is 5.91 Å². The molecule has 1 aromatic heterocycles. The van der Waals surface area contributed by atoms with Gasteiger partial charge < -0.3 is 10.6 Å². The van der Waals surface area contributed by atoms with Gasteiger partial charge in [-0.1, -0.05) is 6.07 Å². The number of nitrogens with zero attached hydrogens (tertiary/aromatic N) is 2. The Bertz CT molecular complexity index is 392. The molecule has 1 heterocycles. The summed E-state index contributed by atoms with van der Waals surface area (Å²) in [7, 11) is 3.77. The van der Waals surface area contributed by atoms with E-state index in [4.69, 9.17) is 0 Å². The molecule has 0 saturated carbocycles. The van der Waals surface area contributed by atoms with E-state index in [0.29, 0.717) is 13.1 Å². The van der Waals surface area contributed by atoms with Gasteiger partial charge >= 0.3 is 0 Å². The van der Waals surface area contributed by atoms with Crippen molar-refractivity contribution in [3.8, 4) is 0 Å². The van der Waals surface area contributed by atoms with Crippen LogP contribution in [0.4, 0.5) is 5.82 Å². The first-order valence-corrected chi connectivity index (χ1v) is 6.12. The molecule has 0 saturated heterocycles. The zero-order valence-corrected chi connectivity index (χ0v) is 11.5. The molecule has 0 aliphatic heterocycles. The van der Waals surface area contributed by atoms with Gasteiger partial charge in [0.05, 0.1) is 6.54 Å². The lowest BCUT2D eigenvalue weighted by Crippen LogP contribution is -2.38. The van der Waals surface area contributed by atoms with Crippen LogP contribution in [0, 0.1) is 0 Å². The molecular formula is C13H22N4O. The largest absolute Gasteiger partial charge is 0.373 e. The van der Waals surface area contributed by atoms with Crippen LogP contribution in [0.5, 0.6) is 0 Å². The lowest BCUT2D eigenvalue weighted by molar-refractivity contribution is -0.122. The molecule has 0 unspecified atom stereocenters. The zero-order valence-electron chi connectivity index (χ0n) is 11.5. The summed E-state index contributed by atoms with van der Waals surface area (Å²) in [6.07, 6.45) is 1.75. The Morgan fingerprint density at radius 1 is 1.50 bits per heavy atom. The number of amides is 1. The van der Waals surface area contributed by atoms with E-state index in [9.17, 15) is 4.79 Å². The highest BCUT2D eigenvalue weighted by molar-refractivity contribution is 5.78. The van der Waals surface area contributed by atoms with Crippen molar-refractivity contribution in [3.63, 3.8) is 0 Å². The van der Waals surface area contributed by atoms with Crippen molar-refractivity contribution in [1.82, 2.24) is 15.2 Å². The normalized spacial score (nSPS) is 10.8. The van der Waals surface area contributed by atoms with Crippen LogP contribution in [-0.4, -0.2) is 42.5 Å². The predicted octanol–water partition coefficient (Wildman–Crippen LogP) is 1.08. The van der Waals surface area contributed by atoms with Crippen molar-refractivity contribution in [1.29, 1.82) is 0 Å². The number of nitrogens with one attached hydrogen (secondary N) is 2. The summed E-state index contributed by atoms with van der Waals surface area (Å²) >= 11 is 0. The van der Waals surface area contributed by atoms with Gasteiger partial charge in [0.25, 0.3) is 0 Å². The van der Waals surface area contributed by atoms with Crippen LogP contribution >= 0.6 is 0 Å². The molecule has 5 heteroatoms. The van der Waals surface area contributed by atoms with Crippen LogP contribution in [0.2, 0.25) is 0 Å². The van der Waals surface area contributed by atoms with Crippen molar-refractivity contribution in [3.05, 3.63) is 23.9 Å². The van der Waals surface area contributed by atoms with E-state index >= 15 is 0 Å². The standard InChI is InChI=1S/C13H22N4O/c1-10(2)16-12(18)9-17(4)8-11-6-5-7-15-13(11)14-3/h5-7,10H,8-9H2,1-4H3,(H,14,15)(H,16,18). The molecule has 0 atom stereocenters. The topological polar surface area (TPSA) is 57.3 Å². The fourth-order valence-electron chi connectivity index (χ4n) is 1.75. The van der Waals surface area contributed by atoms with E-state index in [0.717, 1.165) is 11.4 Å². The second-order valence-electron chi connectivity index (χ2n) is 4.66. The molecule has 0 spiro atoms. The van der Waals surface area contributed by atoms with Gasteiger partial charge in [-0.25, -0.2) is 4.98 Å². The number of carbonyl (C=O) groups excluding carboxylic acids is 1. The summed E-state index contributed by atoms with van der Waals surface area (Å²) in [6, 6.07) is 4.09. The molecule has 0 aliphatic carbocycles. The van der Waals surface area contributed by atoms with Gasteiger partial charge in [0, 0.05) is 31.4 Å². The first-order chi connectivity index (χ1) is 8.52. The molecule has 0 radical (unpaired) electrons. The van der Waals surface area contributed by atoms with Crippen molar-refractivity contribution >= 4 is 11.7 Å². The number of hydrogen-bond donors (Lipinski definition) is 2. The fraction of sp³-hybridized carbons (Fsp3) is 0.538. The van der Waals surface area contributed by atoms with Gasteiger partial charge in [-0.05, 0) is 27.0 Å². The minimum atomic E-state index is 0.0439. The minimum Gasteiger partial charge on any atom is -0.373 e. The maximum absolute atomic E-state index is 11.6. The molecule has 0 aliphatic rings. The molecule has 2 N–H and O–H groups in total. The van der Waals surface area contributed by atoms with Crippen LogP contribution in [0.25, 0.3) is 0 Å². The molecule has 0 bridgehead atoms. The third-order valence-electron chi connectivity index (χ3n) is 2.43. The number of hydrogen-bond acceptors (Lipinski definition) is 4. The molecule has 100 valence electrons. The zero-order chi connectivity index (χ0) is 13.5. The van der Waals surface area contributed by atoms with Crippen LogP contribution in [0.15, 0.2) is 18.3 Å². The Labute approximate surface area is 109 Å². The molecular weight excluding hydrogens is 228 g/mol. The number of carbonyl (C=O) groups is 1. The number of aromatic nitrogens is 1. The molecule has 0 fully saturated rings. The highest BCUT2D eigenvalue weighted by atomic mass is 16.2. The summed E-state index contributed by atoms with van der Waals surface area (Å²) in [4.78, 5) is 17.8. The minimum absolute atomic E-state index is 0.0439. The van der Waals surface area contributed by atoms with Crippen molar-refractivity contribution in [2.24, 2.45) is 0 Å². The molecule has 5 nitrogen and oxygen atoms in total. The lowest BCUT2D eigenvalue weighted by Gasteiger charge is -2.18. The average Bonchev–Trinajstić information content (AvgIpc) is 2.28. The van der Waals surface area contributed by atoms with Gasteiger partial charge in [0.1, 0.15) is 5.82 Å². The Kier molecular flexibility index (Phi) is 5.58. The Morgan fingerprint density at radius 2 is 2.22 bits per heavy atom. The highest BCUT2D eigenvalue weighted by Gasteiger charge is 2.10. The van der Waals surface area contributed by atoms with E-state index in [2.05, 4.69) is 15.6 Å². The predicted molar refractivity (Wildman–Crippen MR) is 73.4 cm³/mol. The maximum Gasteiger partial charge on any atom is 0.234 e. The fourth-order valence-corrected chi connectivity index (χ4v) is 1.75. The summed E-state index contributed by atoms with van der Waals surface area (Å²) in [5.41, 5.74) is 1.08. The SMILES string of the molecule is CNc1ncccc1CN(C)CC(=O)NC(C)C. The van der Waals surface area contributed by atoms with Crippen LogP contribution in [0.1, 0.15) is 19.4 Å². The first-order valence-electron chi connectivity index (χ1n) is 6.12. The van der Waals surface area contributed by atoms with Crippen molar-refractivity contribution in [2.75, 3.05) is 26.0 Å². The molecule has 0 aromatic carbocycles. The van der Waals surface area contributed by atoms with Crippen molar-refractivity contribution in [2.45, 2.75) is 26.4 Å². The Morgan fingerprint density at radius 3 is 2.83 bits per heavy atom. The summed E-state index contributed by atoms with van der Waals surface area (Å²) in [5.74, 6) is 0.899. The first kappa shape index (κ1) is 14.4. The smallest absolute Gasteiger partial charge is 0.234 e. The molecule has 1 amide bonds. The van der Waals surface area contributed by atoms with Crippen LogP contribution in [0.3, 0.4) is 0 Å². The lowest BCUT2D eigenvalue weighted by atomic mass is 10.2. The second-order valence-corrected chi connectivity index (χ2v) is 4.66. The average molecular weight is 250 g/mol. The summed E-state index contributed by atoms with van der Waals surface area (Å²) in [5, 5.41) is 5.92. The molecule has 18 heavy (non-hydrogen) atoms. The number of rotatable bonds is 6. The van der Waals surface area contributed by atoms with E-state index in [1.807, 2.05) is 45.0 Å². The van der Waals surface area contributed by atoms with Crippen LogP contribution in [-0.2, 0) is 11.3 Å². The van der Waals surface area contributed by atoms with Gasteiger partial charge in [0.15, 0.2) is 0 Å². The third-order valence-corrected chi connectivity index (χ3v) is 2.43. The van der Waals surface area contributed by atoms with Gasteiger partial charge in [-0.15, -0.1) is 0 Å². The van der Waals surface area contributed by atoms with Crippen molar-refractivity contribution < 1.29 is 4.79 Å². The maximum atomic E-state index is 11.6. The quantitative estimate of drug-likeness (QED) is 0.793. The molecule has 1 aromatic rings. The summed E-state index contributed by atoms with van der Waals surface area (Å²) < 4.78 is 0. The van der Waals surface area contributed by atoms with E-state index in [1.54, 1.807) is 6.20 Å². The number of likely N-dealkylation sites (N-methyl/N-ethyl adjacent to an activating group) is 1.